The number of piperidine rings is 1. The number of unbranched alkanes of at least 4 members (excludes halogenated alkanes) is 1. The Morgan fingerprint density at radius 1 is 1.25 bits per heavy atom. The van der Waals surface area contributed by atoms with Crippen molar-refractivity contribution in [3.63, 3.8) is 0 Å². The Balaban J connectivity index is 2.06. The second kappa shape index (κ2) is 9.35. The van der Waals surface area contributed by atoms with Crippen LogP contribution in [0.3, 0.4) is 0 Å². The van der Waals surface area contributed by atoms with E-state index in [4.69, 9.17) is 0 Å². The average Bonchev–Trinajstić information content (AvgIpc) is 2.37. The summed E-state index contributed by atoms with van der Waals surface area (Å²) < 4.78 is 0. The van der Waals surface area contributed by atoms with Gasteiger partial charge >= 0.3 is 0 Å². The number of hydrogen-bond donors (Lipinski definition) is 2. The molecule has 0 aromatic rings. The van der Waals surface area contributed by atoms with Gasteiger partial charge < -0.3 is 15.5 Å². The van der Waals surface area contributed by atoms with Crippen LogP contribution in [0.25, 0.3) is 0 Å². The fourth-order valence-electron chi connectivity index (χ4n) is 3.22. The fraction of sp³-hybridized carbons (Fsp3) is 0.938. The second-order valence-electron chi connectivity index (χ2n) is 6.66. The molecule has 0 radical (unpaired) electrons. The zero-order valence-corrected chi connectivity index (χ0v) is 13.7. The van der Waals surface area contributed by atoms with E-state index < -0.39 is 0 Å². The first-order valence-corrected chi connectivity index (χ1v) is 8.17. The molecule has 1 rings (SSSR count). The molecule has 2 N–H and O–H groups in total. The van der Waals surface area contributed by atoms with E-state index in [2.05, 4.69) is 29.4 Å². The summed E-state index contributed by atoms with van der Waals surface area (Å²) in [6.07, 6.45) is 3.63. The molecule has 1 aliphatic heterocycles. The highest BCUT2D eigenvalue weighted by Gasteiger charge is 2.20. The number of carbonyl (C=O) groups is 1. The lowest BCUT2D eigenvalue weighted by Crippen LogP contribution is -2.39. The van der Waals surface area contributed by atoms with Crippen molar-refractivity contribution in [3.8, 4) is 0 Å². The topological polar surface area (TPSA) is 44.4 Å². The molecule has 0 aromatic heterocycles. The Morgan fingerprint density at radius 2 is 1.90 bits per heavy atom. The van der Waals surface area contributed by atoms with Crippen LogP contribution in [0.2, 0.25) is 0 Å². The zero-order valence-electron chi connectivity index (χ0n) is 13.7. The third kappa shape index (κ3) is 6.71. The molecule has 1 aliphatic rings. The van der Waals surface area contributed by atoms with Gasteiger partial charge in [-0.25, -0.2) is 0 Å². The third-order valence-electron chi connectivity index (χ3n) is 4.10. The van der Waals surface area contributed by atoms with Gasteiger partial charge in [-0.2, -0.15) is 0 Å². The molecule has 118 valence electrons. The lowest BCUT2D eigenvalue weighted by atomic mass is 9.92. The molecular weight excluding hydrogens is 250 g/mol. The van der Waals surface area contributed by atoms with E-state index in [1.54, 1.807) is 0 Å². The van der Waals surface area contributed by atoms with Crippen molar-refractivity contribution in [1.29, 1.82) is 0 Å². The molecule has 3 unspecified atom stereocenters. The number of nitrogens with one attached hydrogen (secondary N) is 2. The standard InChI is InChI=1S/C16H33N3O/c1-13-9-14(2)12-19(11-13)8-6-5-7-18-16(20)15(3)10-17-4/h13-15,17H,5-12H2,1-4H3,(H,18,20). The molecule has 1 saturated heterocycles. The number of amides is 1. The molecule has 1 fully saturated rings. The Kier molecular flexibility index (Phi) is 8.15. The van der Waals surface area contributed by atoms with E-state index in [1.807, 2.05) is 14.0 Å². The summed E-state index contributed by atoms with van der Waals surface area (Å²) >= 11 is 0. The van der Waals surface area contributed by atoms with Crippen molar-refractivity contribution in [2.75, 3.05) is 39.8 Å². The molecular formula is C16H33N3O. The molecule has 0 bridgehead atoms. The van der Waals surface area contributed by atoms with E-state index in [0.29, 0.717) is 0 Å². The molecule has 4 nitrogen and oxygen atoms in total. The summed E-state index contributed by atoms with van der Waals surface area (Å²) in [6.45, 7) is 11.9. The number of carbonyl (C=O) groups excluding carboxylic acids is 1. The molecule has 0 saturated carbocycles. The highest BCUT2D eigenvalue weighted by Crippen LogP contribution is 2.20. The number of likely N-dealkylation sites (tertiary alicyclic amines) is 1. The van der Waals surface area contributed by atoms with Crippen LogP contribution in [-0.4, -0.2) is 50.6 Å². The minimum atomic E-state index is 0.0591. The maximum atomic E-state index is 11.7. The van der Waals surface area contributed by atoms with Gasteiger partial charge in [0.15, 0.2) is 0 Å². The van der Waals surface area contributed by atoms with E-state index in [1.165, 1.54) is 32.5 Å². The van der Waals surface area contributed by atoms with E-state index in [-0.39, 0.29) is 11.8 Å². The largest absolute Gasteiger partial charge is 0.356 e. The minimum absolute atomic E-state index is 0.0591. The highest BCUT2D eigenvalue weighted by atomic mass is 16.1. The van der Waals surface area contributed by atoms with Gasteiger partial charge in [0.25, 0.3) is 0 Å². The van der Waals surface area contributed by atoms with Crippen molar-refractivity contribution in [3.05, 3.63) is 0 Å². The predicted octanol–water partition coefficient (Wildman–Crippen LogP) is 1.72. The summed E-state index contributed by atoms with van der Waals surface area (Å²) in [6, 6.07) is 0. The van der Waals surface area contributed by atoms with Crippen LogP contribution in [0.1, 0.15) is 40.0 Å². The second-order valence-corrected chi connectivity index (χ2v) is 6.66. The monoisotopic (exact) mass is 283 g/mol. The normalized spacial score (nSPS) is 25.4. The van der Waals surface area contributed by atoms with Crippen LogP contribution in [0.4, 0.5) is 0 Å². The first kappa shape index (κ1) is 17.4. The van der Waals surface area contributed by atoms with Crippen LogP contribution < -0.4 is 10.6 Å². The highest BCUT2D eigenvalue weighted by molar-refractivity contribution is 5.78. The van der Waals surface area contributed by atoms with E-state index in [0.717, 1.165) is 31.3 Å². The number of nitrogens with zero attached hydrogens (tertiary/aromatic N) is 1. The summed E-state index contributed by atoms with van der Waals surface area (Å²) in [5.41, 5.74) is 0. The van der Waals surface area contributed by atoms with E-state index in [9.17, 15) is 4.79 Å². The maximum Gasteiger partial charge on any atom is 0.224 e. The Labute approximate surface area is 124 Å². The number of hydrogen-bond acceptors (Lipinski definition) is 3. The Bertz CT molecular complexity index is 273. The summed E-state index contributed by atoms with van der Waals surface area (Å²) in [7, 11) is 1.88. The first-order valence-electron chi connectivity index (χ1n) is 8.17. The lowest BCUT2D eigenvalue weighted by Gasteiger charge is -2.34. The van der Waals surface area contributed by atoms with Gasteiger partial charge in [-0.3, -0.25) is 4.79 Å². The minimum Gasteiger partial charge on any atom is -0.356 e. The Hall–Kier alpha value is -0.610. The van der Waals surface area contributed by atoms with Crippen molar-refractivity contribution in [1.82, 2.24) is 15.5 Å². The van der Waals surface area contributed by atoms with Crippen LogP contribution in [-0.2, 0) is 4.79 Å². The molecule has 1 amide bonds. The van der Waals surface area contributed by atoms with E-state index >= 15 is 0 Å². The van der Waals surface area contributed by atoms with Crippen LogP contribution in [0.15, 0.2) is 0 Å². The molecule has 4 heteroatoms. The summed E-state index contributed by atoms with van der Waals surface area (Å²) in [5, 5.41) is 6.06. The van der Waals surface area contributed by atoms with Gasteiger partial charge in [-0.15, -0.1) is 0 Å². The van der Waals surface area contributed by atoms with Gasteiger partial charge in [0, 0.05) is 32.1 Å². The molecule has 0 aliphatic carbocycles. The smallest absolute Gasteiger partial charge is 0.224 e. The molecule has 0 aromatic carbocycles. The Morgan fingerprint density at radius 3 is 2.50 bits per heavy atom. The lowest BCUT2D eigenvalue weighted by molar-refractivity contribution is -0.124. The summed E-state index contributed by atoms with van der Waals surface area (Å²) in [4.78, 5) is 14.3. The summed E-state index contributed by atoms with van der Waals surface area (Å²) in [5.74, 6) is 1.89. The van der Waals surface area contributed by atoms with Crippen LogP contribution >= 0.6 is 0 Å². The van der Waals surface area contributed by atoms with Crippen LogP contribution in [0, 0.1) is 17.8 Å². The molecule has 1 heterocycles. The van der Waals surface area contributed by atoms with Crippen LogP contribution in [0.5, 0.6) is 0 Å². The molecule has 3 atom stereocenters. The predicted molar refractivity (Wildman–Crippen MR) is 84.7 cm³/mol. The van der Waals surface area contributed by atoms with Gasteiger partial charge in [0.2, 0.25) is 5.91 Å². The van der Waals surface area contributed by atoms with Gasteiger partial charge in [0.1, 0.15) is 0 Å². The third-order valence-corrected chi connectivity index (χ3v) is 4.10. The van der Waals surface area contributed by atoms with Crippen molar-refractivity contribution in [2.24, 2.45) is 17.8 Å². The quantitative estimate of drug-likeness (QED) is 0.667. The maximum absolute atomic E-state index is 11.7. The van der Waals surface area contributed by atoms with Gasteiger partial charge in [-0.05, 0) is 44.7 Å². The van der Waals surface area contributed by atoms with Crippen molar-refractivity contribution < 1.29 is 4.79 Å². The molecule has 0 spiro atoms. The van der Waals surface area contributed by atoms with Crippen molar-refractivity contribution in [2.45, 2.75) is 40.0 Å². The fourth-order valence-corrected chi connectivity index (χ4v) is 3.22. The van der Waals surface area contributed by atoms with Crippen molar-refractivity contribution >= 4 is 5.91 Å². The molecule has 20 heavy (non-hydrogen) atoms. The number of rotatable bonds is 8. The average molecular weight is 283 g/mol. The SMILES string of the molecule is CNCC(C)C(=O)NCCCCN1CC(C)CC(C)C1. The van der Waals surface area contributed by atoms with Gasteiger partial charge in [-0.1, -0.05) is 20.8 Å². The zero-order chi connectivity index (χ0) is 15.0. The first-order chi connectivity index (χ1) is 9.52. The van der Waals surface area contributed by atoms with Gasteiger partial charge in [0.05, 0.1) is 0 Å².